The molecule has 0 fully saturated rings. The predicted molar refractivity (Wildman–Crippen MR) is 192 cm³/mol. The van der Waals surface area contributed by atoms with Gasteiger partial charge in [-0.05, 0) is 105 Å². The quantitative estimate of drug-likeness (QED) is 0.0958. The Hall–Kier alpha value is -6.28. The van der Waals surface area contributed by atoms with Crippen molar-refractivity contribution in [3.8, 4) is 11.5 Å². The number of ether oxygens (including phenoxy) is 2. The van der Waals surface area contributed by atoms with Crippen LogP contribution in [-0.4, -0.2) is 60.7 Å². The van der Waals surface area contributed by atoms with Crippen molar-refractivity contribution in [3.05, 3.63) is 130 Å². The van der Waals surface area contributed by atoms with Gasteiger partial charge in [-0.2, -0.15) is 0 Å². The van der Waals surface area contributed by atoms with Crippen molar-refractivity contribution in [3.63, 3.8) is 0 Å². The summed E-state index contributed by atoms with van der Waals surface area (Å²) in [6.45, 7) is 0.475. The summed E-state index contributed by atoms with van der Waals surface area (Å²) < 4.78 is 10.7. The lowest BCUT2D eigenvalue weighted by Gasteiger charge is -2.30. The average molecular weight is 659 g/mol. The predicted octanol–water partition coefficient (Wildman–Crippen LogP) is 7.43. The molecule has 244 valence electrons. The van der Waals surface area contributed by atoms with E-state index in [4.69, 9.17) is 9.47 Å². The molecule has 0 atom stereocenters. The second-order valence-corrected chi connectivity index (χ2v) is 12.9. The number of imide groups is 2. The zero-order valence-corrected chi connectivity index (χ0v) is 27.4. The molecule has 0 saturated heterocycles. The molecule has 8 nitrogen and oxygen atoms in total. The highest BCUT2D eigenvalue weighted by atomic mass is 16.5. The first-order chi connectivity index (χ1) is 24.4. The van der Waals surface area contributed by atoms with Gasteiger partial charge in [-0.3, -0.25) is 29.0 Å². The van der Waals surface area contributed by atoms with E-state index in [0.29, 0.717) is 45.9 Å². The van der Waals surface area contributed by atoms with Gasteiger partial charge in [0.05, 0.1) is 14.2 Å². The van der Waals surface area contributed by atoms with Crippen LogP contribution in [0.25, 0.3) is 43.1 Å². The summed E-state index contributed by atoms with van der Waals surface area (Å²) in [5, 5.41) is 6.40. The monoisotopic (exact) mass is 658 g/mol. The van der Waals surface area contributed by atoms with E-state index in [1.807, 2.05) is 72.8 Å². The van der Waals surface area contributed by atoms with Gasteiger partial charge in [-0.15, -0.1) is 0 Å². The molecular formula is C42H30N2O6. The van der Waals surface area contributed by atoms with Crippen molar-refractivity contribution in [1.29, 1.82) is 0 Å². The lowest BCUT2D eigenvalue weighted by atomic mass is 9.82. The van der Waals surface area contributed by atoms with Gasteiger partial charge >= 0.3 is 0 Å². The zero-order chi connectivity index (χ0) is 34.3. The topological polar surface area (TPSA) is 93.2 Å². The van der Waals surface area contributed by atoms with E-state index in [9.17, 15) is 19.2 Å². The first-order valence-corrected chi connectivity index (χ1v) is 16.6. The molecule has 0 aromatic heterocycles. The molecule has 0 aliphatic carbocycles. The van der Waals surface area contributed by atoms with Gasteiger partial charge in [0.25, 0.3) is 23.6 Å². The fourth-order valence-corrected chi connectivity index (χ4v) is 7.91. The van der Waals surface area contributed by atoms with Crippen LogP contribution < -0.4 is 9.47 Å². The number of hydrogen-bond acceptors (Lipinski definition) is 6. The first kappa shape index (κ1) is 29.8. The number of methoxy groups -OCH3 is 2. The summed E-state index contributed by atoms with van der Waals surface area (Å²) in [5.74, 6) is 0.149. The third-order valence-corrected chi connectivity index (χ3v) is 10.3. The van der Waals surface area contributed by atoms with Crippen LogP contribution in [0.4, 0.5) is 0 Å². The summed E-state index contributed by atoms with van der Waals surface area (Å²) in [7, 11) is 3.21. The van der Waals surface area contributed by atoms with E-state index in [0.717, 1.165) is 54.9 Å². The molecule has 2 aliphatic heterocycles. The highest BCUT2D eigenvalue weighted by molar-refractivity contribution is 6.41. The van der Waals surface area contributed by atoms with E-state index in [1.165, 1.54) is 9.80 Å². The molecule has 7 aromatic rings. The minimum atomic E-state index is -0.324. The third kappa shape index (κ3) is 4.24. The lowest BCUT2D eigenvalue weighted by molar-refractivity contribution is 0.0597. The minimum absolute atomic E-state index is 0.238. The van der Waals surface area contributed by atoms with Crippen molar-refractivity contribution in [2.24, 2.45) is 0 Å². The van der Waals surface area contributed by atoms with Crippen LogP contribution in [0.3, 0.4) is 0 Å². The van der Waals surface area contributed by atoms with Crippen LogP contribution in [0.5, 0.6) is 11.5 Å². The number of rotatable bonds is 8. The number of hydrogen-bond donors (Lipinski definition) is 0. The maximum atomic E-state index is 13.9. The molecule has 8 heteroatoms. The van der Waals surface area contributed by atoms with E-state index < -0.39 is 0 Å². The fourth-order valence-electron chi connectivity index (χ4n) is 7.91. The Morgan fingerprint density at radius 1 is 0.440 bits per heavy atom. The molecule has 7 aromatic carbocycles. The van der Waals surface area contributed by atoms with Crippen molar-refractivity contribution < 1.29 is 28.7 Å². The first-order valence-electron chi connectivity index (χ1n) is 16.6. The van der Waals surface area contributed by atoms with E-state index in [2.05, 4.69) is 0 Å². The Kier molecular flexibility index (Phi) is 6.64. The average Bonchev–Trinajstić information content (AvgIpc) is 3.15. The van der Waals surface area contributed by atoms with Crippen LogP contribution in [0.15, 0.2) is 97.1 Å². The van der Waals surface area contributed by atoms with E-state index >= 15 is 0 Å². The van der Waals surface area contributed by atoms with Crippen molar-refractivity contribution >= 4 is 66.7 Å². The molecule has 0 saturated carbocycles. The molecule has 0 radical (unpaired) electrons. The highest BCUT2D eigenvalue weighted by Gasteiger charge is 2.36. The van der Waals surface area contributed by atoms with Gasteiger partial charge in [-0.25, -0.2) is 0 Å². The summed E-state index contributed by atoms with van der Waals surface area (Å²) in [6, 6.07) is 30.2. The van der Waals surface area contributed by atoms with Gasteiger partial charge in [0.1, 0.15) is 11.5 Å². The largest absolute Gasteiger partial charge is 0.497 e. The van der Waals surface area contributed by atoms with Gasteiger partial charge in [0.2, 0.25) is 0 Å². The Labute approximate surface area is 286 Å². The second kappa shape index (κ2) is 11.1. The normalized spacial score (nSPS) is 14.2. The molecular weight excluding hydrogens is 628 g/mol. The maximum absolute atomic E-state index is 13.9. The smallest absolute Gasteiger partial charge is 0.261 e. The van der Waals surface area contributed by atoms with Crippen molar-refractivity contribution in [1.82, 2.24) is 9.80 Å². The summed E-state index contributed by atoms with van der Waals surface area (Å²) in [5.41, 5.74) is 3.87. The SMILES string of the molecule is COc1cccc(CCN2C(=O)c3ccc4c5ccc6c7c(ccc(c8ccc(c3c48)C2=O)c75)C(=O)N(CCc2cccc(OC)c2)C6=O)c1. The van der Waals surface area contributed by atoms with Crippen LogP contribution in [0.1, 0.15) is 52.6 Å². The summed E-state index contributed by atoms with van der Waals surface area (Å²) in [6.07, 6.45) is 0.998. The molecule has 0 unspecified atom stereocenters. The fraction of sp³-hybridized carbons (Fsp3) is 0.143. The number of amides is 4. The summed E-state index contributed by atoms with van der Waals surface area (Å²) >= 11 is 0. The maximum Gasteiger partial charge on any atom is 0.261 e. The third-order valence-electron chi connectivity index (χ3n) is 10.3. The number of fused-ring (bicyclic) bond motifs is 2. The van der Waals surface area contributed by atoms with Gasteiger partial charge in [0, 0.05) is 46.1 Å². The van der Waals surface area contributed by atoms with Crippen molar-refractivity contribution in [2.75, 3.05) is 27.3 Å². The zero-order valence-electron chi connectivity index (χ0n) is 27.4. The number of carbonyl (C=O) groups excluding carboxylic acids is 4. The molecule has 2 heterocycles. The number of benzene rings is 7. The number of carbonyl (C=O) groups is 4. The van der Waals surface area contributed by atoms with E-state index in [-0.39, 0.29) is 36.7 Å². The molecule has 0 spiro atoms. The minimum Gasteiger partial charge on any atom is -0.497 e. The molecule has 0 N–H and O–H groups in total. The van der Waals surface area contributed by atoms with Gasteiger partial charge < -0.3 is 9.47 Å². The second-order valence-electron chi connectivity index (χ2n) is 12.9. The lowest BCUT2D eigenvalue weighted by Crippen LogP contribution is -2.41. The Balaban J connectivity index is 1.13. The molecule has 2 aliphatic rings. The van der Waals surface area contributed by atoms with Crippen LogP contribution >= 0.6 is 0 Å². The van der Waals surface area contributed by atoms with Crippen LogP contribution in [-0.2, 0) is 12.8 Å². The number of nitrogens with zero attached hydrogens (tertiary/aromatic N) is 2. The highest BCUT2D eigenvalue weighted by Crippen LogP contribution is 2.46. The summed E-state index contributed by atoms with van der Waals surface area (Å²) in [4.78, 5) is 58.4. The molecule has 9 rings (SSSR count). The standard InChI is InChI=1S/C42H30N2O6/c1-49-25-7-3-5-23(21-25)17-19-43-39(45)31-13-9-27-29-11-15-33-38-34(42(48)44(41(33)47)20-18-24-6-4-8-26(22-24)50-2)16-12-30(36(29)38)28-10-14-32(40(43)46)37(31)35(27)28/h3-16,21-22H,17-20H2,1-2H3. The Bertz CT molecular complexity index is 2320. The molecule has 0 bridgehead atoms. The van der Waals surface area contributed by atoms with Gasteiger partial charge in [0.15, 0.2) is 0 Å². The Morgan fingerprint density at radius 2 is 0.780 bits per heavy atom. The van der Waals surface area contributed by atoms with E-state index in [1.54, 1.807) is 38.5 Å². The molecule has 4 amide bonds. The van der Waals surface area contributed by atoms with Crippen molar-refractivity contribution in [2.45, 2.75) is 12.8 Å². The Morgan fingerprint density at radius 3 is 1.10 bits per heavy atom. The molecule has 50 heavy (non-hydrogen) atoms. The van der Waals surface area contributed by atoms with Crippen LogP contribution in [0.2, 0.25) is 0 Å². The van der Waals surface area contributed by atoms with Crippen LogP contribution in [0, 0.1) is 0 Å². The van der Waals surface area contributed by atoms with Gasteiger partial charge in [-0.1, -0.05) is 48.5 Å².